The van der Waals surface area contributed by atoms with Crippen molar-refractivity contribution in [2.24, 2.45) is 16.9 Å². The molecule has 2 aromatic rings. The average molecular weight is 417 g/mol. The van der Waals surface area contributed by atoms with Crippen LogP contribution in [0.25, 0.3) is 0 Å². The Bertz CT molecular complexity index is 1070. The first-order valence-electron chi connectivity index (χ1n) is 10.9. The normalized spacial score (nSPS) is 23.6. The highest BCUT2D eigenvalue weighted by Gasteiger charge is 2.43. The van der Waals surface area contributed by atoms with Gasteiger partial charge in [0.25, 0.3) is 0 Å². The lowest BCUT2D eigenvalue weighted by Gasteiger charge is -2.37. The molecule has 2 heterocycles. The second-order valence-corrected chi connectivity index (χ2v) is 9.18. The van der Waals surface area contributed by atoms with Gasteiger partial charge >= 0.3 is 0 Å². The molecule has 0 fully saturated rings. The zero-order chi connectivity index (χ0) is 21.6. The number of ether oxygens (including phenoxy) is 2. The molecule has 5 heteroatoms. The van der Waals surface area contributed by atoms with Crippen molar-refractivity contribution in [2.45, 2.75) is 45.3 Å². The van der Waals surface area contributed by atoms with Crippen LogP contribution in [0.3, 0.4) is 0 Å². The third-order valence-electron chi connectivity index (χ3n) is 6.46. The third kappa shape index (κ3) is 3.52. The summed E-state index contributed by atoms with van der Waals surface area (Å²) in [7, 11) is 1.67. The molecule has 0 radical (unpaired) electrons. The SMILES string of the molecule is COc1ccc(C2=NN(Cc3ccccc3)C(=O)[C@H]3CC=CC[C@@H]23)c2c1OC(C)(C)C2. The lowest BCUT2D eigenvalue weighted by Crippen LogP contribution is -2.45. The van der Waals surface area contributed by atoms with E-state index in [1.54, 1.807) is 12.1 Å². The molecule has 1 amide bonds. The lowest BCUT2D eigenvalue weighted by molar-refractivity contribution is -0.138. The molecule has 3 aliphatic rings. The van der Waals surface area contributed by atoms with Gasteiger partial charge in [-0.05, 0) is 44.4 Å². The van der Waals surface area contributed by atoms with E-state index in [1.807, 2.05) is 36.4 Å². The molecular formula is C26H28N2O3. The number of rotatable bonds is 4. The number of methoxy groups -OCH3 is 1. The number of hydrogen-bond donors (Lipinski definition) is 0. The molecule has 5 rings (SSSR count). The summed E-state index contributed by atoms with van der Waals surface area (Å²) in [6, 6.07) is 14.1. The van der Waals surface area contributed by atoms with Gasteiger partial charge in [-0.3, -0.25) is 4.79 Å². The number of nitrogens with zero attached hydrogens (tertiary/aromatic N) is 2. The van der Waals surface area contributed by atoms with Gasteiger partial charge in [-0.2, -0.15) is 5.10 Å². The Balaban J connectivity index is 1.61. The van der Waals surface area contributed by atoms with E-state index in [0.29, 0.717) is 6.54 Å². The molecule has 2 aliphatic heterocycles. The standard InChI is InChI=1S/C26H28N2O3/c1-26(2)15-21-19(13-14-22(30-3)24(21)31-26)23-18-11-7-8-12-20(18)25(29)28(27-23)16-17-9-5-4-6-10-17/h4-10,13-14,18,20H,11-12,15-16H2,1-3H3/t18-,20+/m1/s1. The largest absolute Gasteiger partial charge is 0.493 e. The number of benzene rings is 2. The van der Waals surface area contributed by atoms with Crippen LogP contribution in [0.5, 0.6) is 11.5 Å². The van der Waals surface area contributed by atoms with E-state index in [4.69, 9.17) is 14.6 Å². The Hall–Kier alpha value is -3.08. The molecule has 5 nitrogen and oxygen atoms in total. The highest BCUT2D eigenvalue weighted by atomic mass is 16.5. The van der Waals surface area contributed by atoms with Crippen molar-refractivity contribution in [1.82, 2.24) is 5.01 Å². The summed E-state index contributed by atoms with van der Waals surface area (Å²) >= 11 is 0. The molecule has 2 aromatic carbocycles. The van der Waals surface area contributed by atoms with Gasteiger partial charge < -0.3 is 9.47 Å². The quantitative estimate of drug-likeness (QED) is 0.677. The fourth-order valence-electron chi connectivity index (χ4n) is 4.99. The smallest absolute Gasteiger partial charge is 0.247 e. The molecule has 0 saturated heterocycles. The summed E-state index contributed by atoms with van der Waals surface area (Å²) in [6.45, 7) is 4.67. The highest BCUT2D eigenvalue weighted by molar-refractivity contribution is 6.08. The van der Waals surface area contributed by atoms with Crippen molar-refractivity contribution < 1.29 is 14.3 Å². The monoisotopic (exact) mass is 416 g/mol. The van der Waals surface area contributed by atoms with Crippen LogP contribution >= 0.6 is 0 Å². The van der Waals surface area contributed by atoms with Crippen molar-refractivity contribution in [1.29, 1.82) is 0 Å². The summed E-state index contributed by atoms with van der Waals surface area (Å²) in [5.74, 6) is 1.68. The van der Waals surface area contributed by atoms with Crippen LogP contribution in [-0.2, 0) is 17.8 Å². The molecule has 0 saturated carbocycles. The van der Waals surface area contributed by atoms with Gasteiger partial charge in [0, 0.05) is 23.5 Å². The summed E-state index contributed by atoms with van der Waals surface area (Å²) in [5.41, 5.74) is 3.98. The first-order valence-corrected chi connectivity index (χ1v) is 10.9. The Kier molecular flexibility index (Phi) is 4.84. The first-order chi connectivity index (χ1) is 15.0. The average Bonchev–Trinajstić information content (AvgIpc) is 3.11. The third-order valence-corrected chi connectivity index (χ3v) is 6.46. The second-order valence-electron chi connectivity index (χ2n) is 9.18. The predicted molar refractivity (Wildman–Crippen MR) is 120 cm³/mol. The zero-order valence-corrected chi connectivity index (χ0v) is 18.3. The topological polar surface area (TPSA) is 51.1 Å². The maximum absolute atomic E-state index is 13.3. The predicted octanol–water partition coefficient (Wildman–Crippen LogP) is 4.74. The van der Waals surface area contributed by atoms with Crippen LogP contribution in [-0.4, -0.2) is 29.3 Å². The van der Waals surface area contributed by atoms with Crippen LogP contribution in [0, 0.1) is 11.8 Å². The first kappa shape index (κ1) is 19.9. The highest BCUT2D eigenvalue weighted by Crippen LogP contribution is 2.46. The van der Waals surface area contributed by atoms with Gasteiger partial charge in [-0.1, -0.05) is 42.5 Å². The van der Waals surface area contributed by atoms with Crippen molar-refractivity contribution in [3.05, 3.63) is 71.3 Å². The molecule has 0 unspecified atom stereocenters. The molecule has 160 valence electrons. The van der Waals surface area contributed by atoms with Crippen LogP contribution in [0.4, 0.5) is 0 Å². The van der Waals surface area contributed by atoms with Gasteiger partial charge in [-0.15, -0.1) is 0 Å². The number of amides is 1. The minimum atomic E-state index is -0.299. The fourth-order valence-corrected chi connectivity index (χ4v) is 4.99. The van der Waals surface area contributed by atoms with Crippen LogP contribution < -0.4 is 9.47 Å². The molecular weight excluding hydrogens is 388 g/mol. The minimum Gasteiger partial charge on any atom is -0.493 e. The Morgan fingerprint density at radius 2 is 1.84 bits per heavy atom. The number of fused-ring (bicyclic) bond motifs is 2. The van der Waals surface area contributed by atoms with Gasteiger partial charge in [0.2, 0.25) is 5.91 Å². The number of hydrazone groups is 1. The summed E-state index contributed by atoms with van der Waals surface area (Å²) < 4.78 is 11.8. The molecule has 0 N–H and O–H groups in total. The van der Waals surface area contributed by atoms with E-state index in [2.05, 4.69) is 32.1 Å². The van der Waals surface area contributed by atoms with Gasteiger partial charge in [0.15, 0.2) is 11.5 Å². The lowest BCUT2D eigenvalue weighted by atomic mass is 9.75. The number of allylic oxidation sites excluding steroid dienone is 2. The zero-order valence-electron chi connectivity index (χ0n) is 18.3. The van der Waals surface area contributed by atoms with Crippen LogP contribution in [0.2, 0.25) is 0 Å². The number of hydrogen-bond acceptors (Lipinski definition) is 4. The number of carbonyl (C=O) groups is 1. The molecule has 0 aromatic heterocycles. The molecule has 0 bridgehead atoms. The Morgan fingerprint density at radius 3 is 2.58 bits per heavy atom. The fraction of sp³-hybridized carbons (Fsp3) is 0.385. The summed E-state index contributed by atoms with van der Waals surface area (Å²) in [5, 5.41) is 6.63. The van der Waals surface area contributed by atoms with E-state index in [-0.39, 0.29) is 23.3 Å². The maximum Gasteiger partial charge on any atom is 0.247 e. The maximum atomic E-state index is 13.3. The van der Waals surface area contributed by atoms with E-state index >= 15 is 0 Å². The Labute approximate surface area is 183 Å². The van der Waals surface area contributed by atoms with Crippen LogP contribution in [0.1, 0.15) is 43.4 Å². The number of carbonyl (C=O) groups excluding carboxylic acids is 1. The molecule has 0 spiro atoms. The van der Waals surface area contributed by atoms with Gasteiger partial charge in [0.05, 0.1) is 25.3 Å². The Morgan fingerprint density at radius 1 is 1.10 bits per heavy atom. The van der Waals surface area contributed by atoms with Gasteiger partial charge in [0.1, 0.15) is 5.60 Å². The van der Waals surface area contributed by atoms with E-state index in [1.165, 1.54) is 0 Å². The van der Waals surface area contributed by atoms with Gasteiger partial charge in [-0.25, -0.2) is 5.01 Å². The second kappa shape index (κ2) is 7.56. The van der Waals surface area contributed by atoms with E-state index in [9.17, 15) is 4.79 Å². The van der Waals surface area contributed by atoms with Crippen molar-refractivity contribution >= 4 is 11.6 Å². The summed E-state index contributed by atoms with van der Waals surface area (Å²) in [6.07, 6.45) is 6.69. The van der Waals surface area contributed by atoms with Crippen LogP contribution in [0.15, 0.2) is 59.7 Å². The summed E-state index contributed by atoms with van der Waals surface area (Å²) in [4.78, 5) is 13.3. The molecule has 31 heavy (non-hydrogen) atoms. The van der Waals surface area contributed by atoms with Crippen molar-refractivity contribution in [2.75, 3.05) is 7.11 Å². The van der Waals surface area contributed by atoms with E-state index in [0.717, 1.165) is 53.2 Å². The van der Waals surface area contributed by atoms with Crippen molar-refractivity contribution in [3.8, 4) is 11.5 Å². The minimum absolute atomic E-state index is 0.0747. The van der Waals surface area contributed by atoms with E-state index < -0.39 is 0 Å². The van der Waals surface area contributed by atoms with Crippen molar-refractivity contribution in [3.63, 3.8) is 0 Å². The molecule has 1 aliphatic carbocycles. The molecule has 2 atom stereocenters.